The first-order chi connectivity index (χ1) is 8.29. The topological polar surface area (TPSA) is 0 Å². The van der Waals surface area contributed by atoms with Crippen molar-refractivity contribution in [3.05, 3.63) is 48.1 Å². The van der Waals surface area contributed by atoms with Crippen molar-refractivity contribution in [2.45, 2.75) is 0 Å². The van der Waals surface area contributed by atoms with Gasteiger partial charge in [-0.25, -0.2) is 4.39 Å². The maximum absolute atomic E-state index is 13.5. The van der Waals surface area contributed by atoms with Crippen molar-refractivity contribution in [1.29, 1.82) is 0 Å². The predicted molar refractivity (Wildman–Crippen MR) is 43.9 cm³/mol. The molecular weight excluding hydrogens is 139 g/mol. The molecule has 0 bridgehead atoms. The van der Waals surface area contributed by atoms with Gasteiger partial charge in [0.05, 0.1) is 9.60 Å². The minimum absolute atomic E-state index is 0.294. The summed E-state index contributed by atoms with van der Waals surface area (Å²) in [6.07, 6.45) is 0. The summed E-state index contributed by atoms with van der Waals surface area (Å²) in [6.45, 7) is 0. The number of halogens is 1. The molecule has 11 heavy (non-hydrogen) atoms. The fourth-order valence-corrected chi connectivity index (χ4v) is 0.758. The Bertz CT molecular complexity index is 567. The van der Waals surface area contributed by atoms with Crippen molar-refractivity contribution >= 4 is 10.8 Å². The van der Waals surface area contributed by atoms with Gasteiger partial charge >= 0.3 is 0 Å². The summed E-state index contributed by atoms with van der Waals surface area (Å²) < 4.78 is 66.1. The van der Waals surface area contributed by atoms with Crippen molar-refractivity contribution in [3.8, 4) is 0 Å². The molecule has 0 radical (unpaired) electrons. The van der Waals surface area contributed by atoms with Crippen molar-refractivity contribution in [2.75, 3.05) is 0 Å². The highest BCUT2D eigenvalue weighted by Crippen LogP contribution is 2.13. The Morgan fingerprint density at radius 2 is 1.73 bits per heavy atom. The summed E-state index contributed by atoms with van der Waals surface area (Å²) >= 11 is 0. The quantitative estimate of drug-likeness (QED) is 0.545. The lowest BCUT2D eigenvalue weighted by molar-refractivity contribution is 0.630. The molecule has 0 N–H and O–H groups in total. The van der Waals surface area contributed by atoms with Gasteiger partial charge in [-0.3, -0.25) is 0 Å². The van der Waals surface area contributed by atoms with Crippen LogP contribution in [0.25, 0.3) is 10.8 Å². The second-order valence-corrected chi connectivity index (χ2v) is 1.94. The molecule has 0 amide bonds. The smallest absolute Gasteiger partial charge is 0.123 e. The van der Waals surface area contributed by atoms with Gasteiger partial charge in [0, 0.05) is 0 Å². The highest BCUT2D eigenvalue weighted by atomic mass is 19.1. The van der Waals surface area contributed by atoms with Gasteiger partial charge in [-0.15, -0.1) is 0 Å². The van der Waals surface area contributed by atoms with Crippen LogP contribution in [0.1, 0.15) is 9.60 Å². The summed E-state index contributed by atoms with van der Waals surface area (Å²) in [5.41, 5.74) is 0. The average Bonchev–Trinajstić information content (AvgIpc) is 2.35. The zero-order chi connectivity index (χ0) is 13.8. The van der Waals surface area contributed by atoms with E-state index < -0.39 is 48.1 Å². The molecule has 0 atom stereocenters. The van der Waals surface area contributed by atoms with Gasteiger partial charge in [-0.2, -0.15) is 0 Å². The molecule has 0 unspecified atom stereocenters. The lowest BCUT2D eigenvalue weighted by Gasteiger charge is -1.94. The SMILES string of the molecule is [2H]c1c([2H])c([2H])c2c([2H])c(F)c([2H])c([2H])c2c1[2H]. The van der Waals surface area contributed by atoms with E-state index in [0.717, 1.165) is 0 Å². The zero-order valence-electron chi connectivity index (χ0n) is 12.4. The molecule has 0 aliphatic heterocycles. The molecular formula is C10H7F. The number of hydrogen-bond donors (Lipinski definition) is 0. The Labute approximate surface area is 74.1 Å². The standard InChI is InChI=1S/C10H7F/c11-10-6-5-8-3-1-2-4-9(8)7-10/h1-7H/i1D,2D,3D,4D,5D,6D,7D. The number of fused-ring (bicyclic) bond motifs is 1. The third-order valence-electron chi connectivity index (χ3n) is 1.22. The van der Waals surface area contributed by atoms with E-state index in [0.29, 0.717) is 0 Å². The van der Waals surface area contributed by atoms with Gasteiger partial charge in [-0.1, -0.05) is 30.2 Å². The minimum Gasteiger partial charge on any atom is -0.207 e. The van der Waals surface area contributed by atoms with Crippen LogP contribution in [0.5, 0.6) is 0 Å². The molecule has 0 aliphatic carbocycles. The summed E-state index contributed by atoms with van der Waals surface area (Å²) in [4.78, 5) is 0. The van der Waals surface area contributed by atoms with Crippen LogP contribution in [0, 0.1) is 5.82 Å². The molecule has 0 spiro atoms. The lowest BCUT2D eigenvalue weighted by Crippen LogP contribution is -1.73. The maximum atomic E-state index is 13.5. The van der Waals surface area contributed by atoms with E-state index in [1.807, 2.05) is 0 Å². The summed E-state index contributed by atoms with van der Waals surface area (Å²) in [7, 11) is 0. The highest BCUT2D eigenvalue weighted by molar-refractivity contribution is 5.82. The van der Waals surface area contributed by atoms with Crippen molar-refractivity contribution in [3.63, 3.8) is 0 Å². The largest absolute Gasteiger partial charge is 0.207 e. The Morgan fingerprint density at radius 1 is 1.00 bits per heavy atom. The van der Waals surface area contributed by atoms with Gasteiger partial charge in [0.15, 0.2) is 0 Å². The molecule has 0 nitrogen and oxygen atoms in total. The van der Waals surface area contributed by atoms with Crippen molar-refractivity contribution < 1.29 is 14.0 Å². The molecule has 2 rings (SSSR count). The van der Waals surface area contributed by atoms with Crippen LogP contribution >= 0.6 is 0 Å². The Kier molecular flexibility index (Phi) is 0.492. The number of hydrogen-bond acceptors (Lipinski definition) is 0. The molecule has 54 valence electrons. The monoisotopic (exact) mass is 153 g/mol. The van der Waals surface area contributed by atoms with Crippen LogP contribution in [0.4, 0.5) is 4.39 Å². The van der Waals surface area contributed by atoms with Gasteiger partial charge in [0.25, 0.3) is 0 Å². The molecule has 0 saturated heterocycles. The molecule has 0 heterocycles. The van der Waals surface area contributed by atoms with Gasteiger partial charge < -0.3 is 0 Å². The summed E-state index contributed by atoms with van der Waals surface area (Å²) in [5, 5.41) is -0.656. The van der Waals surface area contributed by atoms with Crippen LogP contribution in [0.15, 0.2) is 42.3 Å². The molecule has 2 aromatic rings. The summed E-state index contributed by atoms with van der Waals surface area (Å²) in [6, 6.07) is -4.49. The molecule has 1 heteroatoms. The number of rotatable bonds is 0. The van der Waals surface area contributed by atoms with E-state index in [2.05, 4.69) is 0 Å². The van der Waals surface area contributed by atoms with Crippen LogP contribution in [0.2, 0.25) is 0 Å². The first-order valence-electron chi connectivity index (χ1n) is 6.44. The van der Waals surface area contributed by atoms with Gasteiger partial charge in [0.1, 0.15) is 5.82 Å². The molecule has 2 aromatic carbocycles. The Balaban J connectivity index is 3.22. The lowest BCUT2D eigenvalue weighted by atomic mass is 10.1. The molecule has 0 saturated carbocycles. The second kappa shape index (κ2) is 2.35. The van der Waals surface area contributed by atoms with Crippen molar-refractivity contribution in [2.24, 2.45) is 0 Å². The first-order valence-corrected chi connectivity index (χ1v) is 2.94. The summed E-state index contributed by atoms with van der Waals surface area (Å²) in [5.74, 6) is -1.25. The van der Waals surface area contributed by atoms with E-state index >= 15 is 0 Å². The third-order valence-corrected chi connectivity index (χ3v) is 1.22. The third kappa shape index (κ3) is 1.09. The highest BCUT2D eigenvalue weighted by Gasteiger charge is 1.92. The van der Waals surface area contributed by atoms with E-state index in [1.54, 1.807) is 0 Å². The van der Waals surface area contributed by atoms with Crippen LogP contribution in [0.3, 0.4) is 0 Å². The molecule has 0 fully saturated rings. The van der Waals surface area contributed by atoms with E-state index in [-0.39, 0.29) is 10.8 Å². The van der Waals surface area contributed by atoms with E-state index in [1.165, 1.54) is 0 Å². The average molecular weight is 153 g/mol. The van der Waals surface area contributed by atoms with Crippen molar-refractivity contribution in [1.82, 2.24) is 0 Å². The minimum atomic E-state index is -1.25. The molecule has 0 aliphatic rings. The molecule has 0 aromatic heterocycles. The first kappa shape index (κ1) is 2.31. The van der Waals surface area contributed by atoms with Crippen LogP contribution in [-0.2, 0) is 0 Å². The van der Waals surface area contributed by atoms with Crippen LogP contribution in [-0.4, -0.2) is 0 Å². The Morgan fingerprint density at radius 3 is 2.55 bits per heavy atom. The second-order valence-electron chi connectivity index (χ2n) is 1.94. The van der Waals surface area contributed by atoms with Gasteiger partial charge in [-0.05, 0) is 22.9 Å². The maximum Gasteiger partial charge on any atom is 0.123 e. The fraction of sp³-hybridized carbons (Fsp3) is 0. The van der Waals surface area contributed by atoms with E-state index in [4.69, 9.17) is 9.60 Å². The van der Waals surface area contributed by atoms with Gasteiger partial charge in [0.2, 0.25) is 0 Å². The van der Waals surface area contributed by atoms with Crippen LogP contribution < -0.4 is 0 Å². The zero-order valence-corrected chi connectivity index (χ0v) is 5.38. The number of benzene rings is 2. The predicted octanol–water partition coefficient (Wildman–Crippen LogP) is 2.98. The van der Waals surface area contributed by atoms with E-state index in [9.17, 15) is 4.39 Å². The normalized spacial score (nSPS) is 19.2. The Hall–Kier alpha value is -1.37. The fourth-order valence-electron chi connectivity index (χ4n) is 0.758.